The third-order valence-corrected chi connectivity index (χ3v) is 5.94. The lowest BCUT2D eigenvalue weighted by molar-refractivity contribution is -0.384. The van der Waals surface area contributed by atoms with Crippen molar-refractivity contribution in [1.29, 1.82) is 0 Å². The molecule has 1 saturated heterocycles. The fourth-order valence-electron chi connectivity index (χ4n) is 3.18. The molecule has 0 aromatic heterocycles. The van der Waals surface area contributed by atoms with Crippen LogP contribution in [-0.4, -0.2) is 26.9 Å². The van der Waals surface area contributed by atoms with E-state index in [1.54, 1.807) is 42.5 Å². The molecule has 0 saturated carbocycles. The number of aryl methyl sites for hydroxylation is 1. The van der Waals surface area contributed by atoms with E-state index in [1.165, 1.54) is 24.3 Å². The molecule has 1 aliphatic rings. The van der Waals surface area contributed by atoms with E-state index in [4.69, 9.17) is 4.74 Å². The molecule has 0 N–H and O–H groups in total. The van der Waals surface area contributed by atoms with Crippen LogP contribution in [0.25, 0.3) is 6.08 Å². The van der Waals surface area contributed by atoms with Crippen molar-refractivity contribution >= 4 is 40.6 Å². The van der Waals surface area contributed by atoms with Gasteiger partial charge < -0.3 is 4.74 Å². The molecule has 4 rings (SSSR count). The van der Waals surface area contributed by atoms with Crippen molar-refractivity contribution in [2.45, 2.75) is 13.5 Å². The monoisotopic (exact) mass is 474 g/mol. The molecular weight excluding hydrogens is 456 g/mol. The average Bonchev–Trinajstić information content (AvgIpc) is 3.08. The SMILES string of the molecule is Cc1ccc(C(=O)Oc2ccc(/C=C3\SC(=O)N(Cc4ccc([N+](=O)[O-])cc4)C3=O)cc2)cc1. The maximum Gasteiger partial charge on any atom is 0.343 e. The fraction of sp³-hybridized carbons (Fsp3) is 0.0800. The summed E-state index contributed by atoms with van der Waals surface area (Å²) in [6.45, 7) is 1.95. The van der Waals surface area contributed by atoms with Gasteiger partial charge >= 0.3 is 5.97 Å². The van der Waals surface area contributed by atoms with E-state index in [-0.39, 0.29) is 17.1 Å². The predicted octanol–water partition coefficient (Wildman–Crippen LogP) is 5.36. The summed E-state index contributed by atoms with van der Waals surface area (Å²) in [5, 5.41) is 10.4. The molecule has 1 aliphatic heterocycles. The zero-order valence-corrected chi connectivity index (χ0v) is 18.8. The van der Waals surface area contributed by atoms with Crippen molar-refractivity contribution in [3.63, 3.8) is 0 Å². The maximum atomic E-state index is 12.7. The topological polar surface area (TPSA) is 107 Å². The summed E-state index contributed by atoms with van der Waals surface area (Å²) < 4.78 is 5.37. The molecule has 9 heteroatoms. The average molecular weight is 474 g/mol. The Morgan fingerprint density at radius 1 is 1.00 bits per heavy atom. The first-order valence-corrected chi connectivity index (χ1v) is 11.0. The first-order valence-electron chi connectivity index (χ1n) is 10.2. The molecule has 170 valence electrons. The van der Waals surface area contributed by atoms with Gasteiger partial charge in [0.2, 0.25) is 0 Å². The van der Waals surface area contributed by atoms with Crippen molar-refractivity contribution in [2.24, 2.45) is 0 Å². The van der Waals surface area contributed by atoms with E-state index in [0.717, 1.165) is 22.2 Å². The highest BCUT2D eigenvalue weighted by Crippen LogP contribution is 2.33. The van der Waals surface area contributed by atoms with Crippen LogP contribution in [0.4, 0.5) is 10.5 Å². The summed E-state index contributed by atoms with van der Waals surface area (Å²) in [6, 6.07) is 19.3. The van der Waals surface area contributed by atoms with Gasteiger partial charge in [-0.2, -0.15) is 0 Å². The van der Waals surface area contributed by atoms with Gasteiger partial charge in [0.1, 0.15) is 5.75 Å². The van der Waals surface area contributed by atoms with Crippen LogP contribution in [0.1, 0.15) is 27.0 Å². The third kappa shape index (κ3) is 5.21. The molecule has 0 aliphatic carbocycles. The van der Waals surface area contributed by atoms with Gasteiger partial charge in [0, 0.05) is 12.1 Å². The van der Waals surface area contributed by atoms with Gasteiger partial charge in [0.15, 0.2) is 0 Å². The van der Waals surface area contributed by atoms with Crippen molar-refractivity contribution in [2.75, 3.05) is 0 Å². The first-order chi connectivity index (χ1) is 16.3. The van der Waals surface area contributed by atoms with Crippen molar-refractivity contribution in [3.8, 4) is 5.75 Å². The molecule has 0 atom stereocenters. The number of nitro groups is 1. The van der Waals surface area contributed by atoms with Gasteiger partial charge in [-0.1, -0.05) is 42.0 Å². The number of carbonyl (C=O) groups excluding carboxylic acids is 3. The third-order valence-electron chi connectivity index (χ3n) is 5.04. The van der Waals surface area contributed by atoms with Crippen LogP contribution in [0, 0.1) is 17.0 Å². The van der Waals surface area contributed by atoms with Crippen LogP contribution in [0.2, 0.25) is 0 Å². The summed E-state index contributed by atoms with van der Waals surface area (Å²) in [6.07, 6.45) is 1.59. The number of ether oxygens (including phenoxy) is 1. The molecule has 0 bridgehead atoms. The lowest BCUT2D eigenvalue weighted by Gasteiger charge is -2.12. The minimum Gasteiger partial charge on any atom is -0.423 e. The highest BCUT2D eigenvalue weighted by molar-refractivity contribution is 8.18. The predicted molar refractivity (Wildman–Crippen MR) is 127 cm³/mol. The number of imide groups is 1. The first kappa shape index (κ1) is 22.9. The van der Waals surface area contributed by atoms with Crippen LogP contribution in [-0.2, 0) is 11.3 Å². The van der Waals surface area contributed by atoms with Gasteiger partial charge in [-0.3, -0.25) is 24.6 Å². The van der Waals surface area contributed by atoms with E-state index in [1.807, 2.05) is 19.1 Å². The molecule has 2 amide bonds. The van der Waals surface area contributed by atoms with Gasteiger partial charge in [-0.05, 0) is 60.2 Å². The zero-order valence-electron chi connectivity index (χ0n) is 18.0. The van der Waals surface area contributed by atoms with E-state index in [9.17, 15) is 24.5 Å². The smallest absolute Gasteiger partial charge is 0.343 e. The summed E-state index contributed by atoms with van der Waals surface area (Å²) in [5.41, 5.74) is 2.69. The molecule has 8 nitrogen and oxygen atoms in total. The largest absolute Gasteiger partial charge is 0.423 e. The number of amides is 2. The van der Waals surface area contributed by atoms with Gasteiger partial charge in [0.05, 0.1) is 21.9 Å². The summed E-state index contributed by atoms with van der Waals surface area (Å²) in [4.78, 5) is 49.0. The Morgan fingerprint density at radius 2 is 1.65 bits per heavy atom. The van der Waals surface area contributed by atoms with Crippen LogP contribution in [0.15, 0.2) is 77.7 Å². The Bertz CT molecular complexity index is 1300. The van der Waals surface area contributed by atoms with E-state index in [2.05, 4.69) is 0 Å². The molecule has 3 aromatic carbocycles. The van der Waals surface area contributed by atoms with Crippen molar-refractivity contribution in [3.05, 3.63) is 110 Å². The molecule has 1 heterocycles. The summed E-state index contributed by atoms with van der Waals surface area (Å²) in [7, 11) is 0. The zero-order chi connectivity index (χ0) is 24.2. The van der Waals surface area contributed by atoms with Crippen LogP contribution in [0.3, 0.4) is 0 Å². The Balaban J connectivity index is 1.42. The number of carbonyl (C=O) groups is 3. The minimum atomic E-state index is -0.513. The van der Waals surface area contributed by atoms with E-state index < -0.39 is 22.0 Å². The second-order valence-electron chi connectivity index (χ2n) is 7.52. The van der Waals surface area contributed by atoms with Crippen LogP contribution >= 0.6 is 11.8 Å². The fourth-order valence-corrected chi connectivity index (χ4v) is 4.02. The van der Waals surface area contributed by atoms with Crippen molar-refractivity contribution in [1.82, 2.24) is 4.90 Å². The molecule has 0 spiro atoms. The molecule has 34 heavy (non-hydrogen) atoms. The normalized spacial score (nSPS) is 14.5. The highest BCUT2D eigenvalue weighted by atomic mass is 32.2. The lowest BCUT2D eigenvalue weighted by Crippen LogP contribution is -2.27. The second-order valence-corrected chi connectivity index (χ2v) is 8.51. The number of esters is 1. The molecule has 0 unspecified atom stereocenters. The minimum absolute atomic E-state index is 0.0217. The maximum absolute atomic E-state index is 12.7. The Labute approximate surface area is 199 Å². The number of thioether (sulfide) groups is 1. The van der Waals surface area contributed by atoms with Crippen molar-refractivity contribution < 1.29 is 24.0 Å². The molecule has 3 aromatic rings. The van der Waals surface area contributed by atoms with E-state index in [0.29, 0.717) is 22.4 Å². The lowest BCUT2D eigenvalue weighted by atomic mass is 10.1. The van der Waals surface area contributed by atoms with Gasteiger partial charge in [-0.25, -0.2) is 4.79 Å². The molecular formula is C25H18N2O6S. The standard InChI is InChI=1S/C25H18N2O6S/c1-16-2-8-19(9-3-16)24(29)33-21-12-6-17(7-13-21)14-22-23(28)26(25(30)34-22)15-18-4-10-20(11-5-18)27(31)32/h2-14H,15H2,1H3/b22-14-. The molecule has 1 fully saturated rings. The number of benzene rings is 3. The second kappa shape index (κ2) is 9.72. The Morgan fingerprint density at radius 3 is 2.26 bits per heavy atom. The number of non-ortho nitro benzene ring substituents is 1. The number of hydrogen-bond acceptors (Lipinski definition) is 7. The Kier molecular flexibility index (Phi) is 6.55. The molecule has 0 radical (unpaired) electrons. The van der Waals surface area contributed by atoms with E-state index >= 15 is 0 Å². The number of nitrogens with zero attached hydrogens (tertiary/aromatic N) is 2. The van der Waals surface area contributed by atoms with Crippen LogP contribution < -0.4 is 4.74 Å². The Hall–Kier alpha value is -4.24. The van der Waals surface area contributed by atoms with Crippen LogP contribution in [0.5, 0.6) is 5.75 Å². The number of rotatable bonds is 6. The summed E-state index contributed by atoms with van der Waals surface area (Å²) in [5.74, 6) is -0.558. The number of nitro benzene ring substituents is 1. The quantitative estimate of drug-likeness (QED) is 0.156. The summed E-state index contributed by atoms with van der Waals surface area (Å²) >= 11 is 0.822. The number of hydrogen-bond donors (Lipinski definition) is 0. The van der Waals surface area contributed by atoms with Gasteiger partial charge in [0.25, 0.3) is 16.8 Å². The van der Waals surface area contributed by atoms with Gasteiger partial charge in [-0.15, -0.1) is 0 Å². The highest BCUT2D eigenvalue weighted by Gasteiger charge is 2.35.